The molecule has 0 heterocycles. The molecule has 0 amide bonds. The molecule has 1 fully saturated rings. The van der Waals surface area contributed by atoms with Crippen molar-refractivity contribution in [3.63, 3.8) is 0 Å². The van der Waals surface area contributed by atoms with Crippen LogP contribution in [0.1, 0.15) is 64.9 Å². The second-order valence-electron chi connectivity index (χ2n) is 8.29. The molecular weight excluding hydrogens is 320 g/mol. The minimum absolute atomic E-state index is 0.209. The topological polar surface area (TPSA) is 37.3 Å². The largest absolute Gasteiger partial charge is 0.392 e. The van der Waals surface area contributed by atoms with Gasteiger partial charge >= 0.3 is 0 Å². The van der Waals surface area contributed by atoms with E-state index in [1.807, 2.05) is 13.0 Å². The first kappa shape index (κ1) is 19.1. The monoisotopic (exact) mass is 352 g/mol. The van der Waals surface area contributed by atoms with Crippen molar-refractivity contribution in [2.24, 2.45) is 11.3 Å². The van der Waals surface area contributed by atoms with Crippen molar-refractivity contribution in [3.05, 3.63) is 58.7 Å². The van der Waals surface area contributed by atoms with Crippen molar-refractivity contribution in [3.8, 4) is 0 Å². The Bertz CT molecular complexity index is 713. The zero-order valence-corrected chi connectivity index (χ0v) is 16.4. The van der Waals surface area contributed by atoms with Gasteiger partial charge in [0.05, 0.1) is 6.10 Å². The highest BCUT2D eigenvalue weighted by Gasteiger charge is 2.48. The number of rotatable bonds is 5. The summed E-state index contributed by atoms with van der Waals surface area (Å²) in [6.07, 6.45) is 8.27. The van der Waals surface area contributed by atoms with Crippen LogP contribution >= 0.6 is 0 Å². The van der Waals surface area contributed by atoms with E-state index < -0.39 is 0 Å². The number of fused-ring (bicyclic) bond motifs is 1. The average Bonchev–Trinajstić information content (AvgIpc) is 2.62. The maximum Gasteiger partial charge on any atom is 0.184 e. The van der Waals surface area contributed by atoms with E-state index >= 15 is 0 Å². The summed E-state index contributed by atoms with van der Waals surface area (Å²) < 4.78 is 0. The quantitative estimate of drug-likeness (QED) is 0.719. The summed E-state index contributed by atoms with van der Waals surface area (Å²) in [5.74, 6) is 0.614. The summed E-state index contributed by atoms with van der Waals surface area (Å²) in [5, 5.41) is 11.1. The lowest BCUT2D eigenvalue weighted by atomic mass is 9.57. The number of aliphatic hydroxyl groups is 1. The number of benzene rings is 1. The van der Waals surface area contributed by atoms with Crippen LogP contribution in [0.5, 0.6) is 0 Å². The van der Waals surface area contributed by atoms with E-state index in [0.717, 1.165) is 49.7 Å². The highest BCUT2D eigenvalue weighted by molar-refractivity contribution is 6.09. The fourth-order valence-corrected chi connectivity index (χ4v) is 5.05. The van der Waals surface area contributed by atoms with E-state index in [1.165, 1.54) is 11.1 Å². The number of carbonyl (C=O) groups is 1. The molecule has 0 radical (unpaired) electrons. The molecule has 0 aromatic heterocycles. The number of carbonyl (C=O) groups excluding carboxylic acids is 1. The van der Waals surface area contributed by atoms with Crippen molar-refractivity contribution in [2.45, 2.75) is 71.8 Å². The molecule has 2 nitrogen and oxygen atoms in total. The Morgan fingerprint density at radius 2 is 2.04 bits per heavy atom. The Morgan fingerprint density at radius 1 is 1.31 bits per heavy atom. The van der Waals surface area contributed by atoms with Gasteiger partial charge in [0.25, 0.3) is 0 Å². The van der Waals surface area contributed by atoms with Crippen molar-refractivity contribution in [2.75, 3.05) is 0 Å². The van der Waals surface area contributed by atoms with Gasteiger partial charge < -0.3 is 5.11 Å². The van der Waals surface area contributed by atoms with Gasteiger partial charge in [-0.25, -0.2) is 0 Å². The fraction of sp³-hybridized carbons (Fsp3) is 0.542. The first-order chi connectivity index (χ1) is 12.5. The van der Waals surface area contributed by atoms with Crippen LogP contribution in [-0.4, -0.2) is 17.0 Å². The van der Waals surface area contributed by atoms with Crippen molar-refractivity contribution in [1.82, 2.24) is 0 Å². The van der Waals surface area contributed by atoms with Gasteiger partial charge in [-0.1, -0.05) is 62.2 Å². The maximum atomic E-state index is 13.0. The lowest BCUT2D eigenvalue weighted by Crippen LogP contribution is -2.46. The summed E-state index contributed by atoms with van der Waals surface area (Å²) in [4.78, 5) is 13.0. The van der Waals surface area contributed by atoms with Crippen LogP contribution < -0.4 is 0 Å². The molecule has 140 valence electrons. The lowest BCUT2D eigenvalue weighted by molar-refractivity contribution is -0.114. The summed E-state index contributed by atoms with van der Waals surface area (Å²) in [6, 6.07) is 10.4. The van der Waals surface area contributed by atoms with Crippen LogP contribution in [0.25, 0.3) is 0 Å². The Hall–Kier alpha value is -1.67. The summed E-state index contributed by atoms with van der Waals surface area (Å²) in [5.41, 5.74) is 3.96. The maximum absolute atomic E-state index is 13.0. The Morgan fingerprint density at radius 3 is 2.73 bits per heavy atom. The van der Waals surface area contributed by atoms with Gasteiger partial charge in [0.2, 0.25) is 0 Å². The van der Waals surface area contributed by atoms with Gasteiger partial charge in [-0.15, -0.1) is 0 Å². The summed E-state index contributed by atoms with van der Waals surface area (Å²) >= 11 is 0. The molecule has 2 heteroatoms. The second kappa shape index (κ2) is 7.92. The van der Waals surface area contributed by atoms with Gasteiger partial charge in [-0.3, -0.25) is 4.79 Å². The molecule has 3 rings (SSSR count). The normalized spacial score (nSPS) is 29.0. The Labute approximate surface area is 158 Å². The van der Waals surface area contributed by atoms with Crippen LogP contribution in [0.4, 0.5) is 0 Å². The number of aliphatic hydroxyl groups excluding tert-OH is 1. The lowest BCUT2D eigenvalue weighted by Gasteiger charge is -2.48. The first-order valence-electron chi connectivity index (χ1n) is 10.2. The summed E-state index contributed by atoms with van der Waals surface area (Å²) in [6.45, 7) is 6.36. The van der Waals surface area contributed by atoms with E-state index in [2.05, 4.69) is 44.2 Å². The van der Waals surface area contributed by atoms with Gasteiger partial charge in [0, 0.05) is 5.41 Å². The molecule has 3 atom stereocenters. The first-order valence-corrected chi connectivity index (χ1v) is 10.2. The van der Waals surface area contributed by atoms with Crippen LogP contribution in [0.15, 0.2) is 53.1 Å². The molecule has 0 spiro atoms. The molecule has 1 unspecified atom stereocenters. The van der Waals surface area contributed by atoms with Crippen LogP contribution in [0.3, 0.4) is 0 Å². The van der Waals surface area contributed by atoms with Crippen molar-refractivity contribution in [1.29, 1.82) is 0 Å². The molecule has 0 bridgehead atoms. The molecule has 1 aromatic rings. The van der Waals surface area contributed by atoms with Crippen molar-refractivity contribution >= 4 is 5.78 Å². The SMILES string of the molecule is CCCC(C)C=C1C[C@@]2(Cc3ccccc3)C(=C(C)C1=O)CCC[C@@H]2O. The molecule has 1 aromatic carbocycles. The van der Waals surface area contributed by atoms with Gasteiger partial charge in [0.1, 0.15) is 0 Å². The third-order valence-electron chi connectivity index (χ3n) is 6.33. The minimum Gasteiger partial charge on any atom is -0.392 e. The smallest absolute Gasteiger partial charge is 0.184 e. The molecule has 0 saturated heterocycles. The van der Waals surface area contributed by atoms with E-state index in [1.54, 1.807) is 0 Å². The molecule has 1 N–H and O–H groups in total. The highest BCUT2D eigenvalue weighted by Crippen LogP contribution is 2.52. The zero-order chi connectivity index (χ0) is 18.7. The van der Waals surface area contributed by atoms with Gasteiger partial charge in [-0.05, 0) is 68.1 Å². The predicted octanol–water partition coefficient (Wildman–Crippen LogP) is 5.41. The standard InChI is InChI=1S/C24H32O2/c1-4-9-17(2)14-20-16-24(15-19-10-6-5-7-11-19)21(18(3)23(20)26)12-8-13-22(24)25/h5-7,10-11,14,17,22,25H,4,8-9,12-13,15-16H2,1-3H3/t17?,22-,24-/m0/s1. The van der Waals surface area contributed by atoms with Gasteiger partial charge in [0.15, 0.2) is 5.78 Å². The molecule has 26 heavy (non-hydrogen) atoms. The molecule has 2 aliphatic rings. The van der Waals surface area contributed by atoms with E-state index in [9.17, 15) is 9.90 Å². The molecule has 1 saturated carbocycles. The number of ketones is 1. The second-order valence-corrected chi connectivity index (χ2v) is 8.29. The van der Waals surface area contributed by atoms with Crippen LogP contribution in [0, 0.1) is 11.3 Å². The van der Waals surface area contributed by atoms with Gasteiger partial charge in [-0.2, -0.15) is 0 Å². The van der Waals surface area contributed by atoms with E-state index in [4.69, 9.17) is 0 Å². The predicted molar refractivity (Wildman–Crippen MR) is 107 cm³/mol. The zero-order valence-electron chi connectivity index (χ0n) is 16.4. The van der Waals surface area contributed by atoms with E-state index in [-0.39, 0.29) is 17.3 Å². The molecule has 0 aliphatic heterocycles. The Balaban J connectivity index is 2.05. The third kappa shape index (κ3) is 3.57. The van der Waals surface area contributed by atoms with E-state index in [0.29, 0.717) is 12.3 Å². The molecular formula is C24H32O2. The van der Waals surface area contributed by atoms with Crippen molar-refractivity contribution < 1.29 is 9.90 Å². The minimum atomic E-state index is -0.376. The molecule has 2 aliphatic carbocycles. The number of hydrogen-bond donors (Lipinski definition) is 1. The number of allylic oxidation sites excluding steroid dienone is 3. The average molecular weight is 353 g/mol. The highest BCUT2D eigenvalue weighted by atomic mass is 16.3. The Kier molecular flexibility index (Phi) is 5.82. The van der Waals surface area contributed by atoms with Crippen LogP contribution in [-0.2, 0) is 11.2 Å². The van der Waals surface area contributed by atoms with Crippen LogP contribution in [0.2, 0.25) is 0 Å². The fourth-order valence-electron chi connectivity index (χ4n) is 5.05. The number of Topliss-reactive ketones (excluding diaryl/α,β-unsaturated/α-hetero) is 1. The number of hydrogen-bond acceptors (Lipinski definition) is 2. The summed E-state index contributed by atoms with van der Waals surface area (Å²) in [7, 11) is 0. The third-order valence-corrected chi connectivity index (χ3v) is 6.33.